The molecule has 0 spiro atoms. The average Bonchev–Trinajstić information content (AvgIpc) is 2.45. The number of ketones is 1. The molecule has 0 radical (unpaired) electrons. The van der Waals surface area contributed by atoms with E-state index in [1.54, 1.807) is 0 Å². The molecule has 0 bridgehead atoms. The molecule has 0 heterocycles. The van der Waals surface area contributed by atoms with Gasteiger partial charge in [0.2, 0.25) is 0 Å². The van der Waals surface area contributed by atoms with Gasteiger partial charge in [-0.1, -0.05) is 62.2 Å². The fraction of sp³-hybridized carbons (Fsp3) is 0.0625. The minimum Gasteiger partial charge on any atom is -0.293 e. The monoisotopic (exact) mass is 376 g/mol. The zero-order chi connectivity index (χ0) is 13.4. The number of alkyl halides is 1. The van der Waals surface area contributed by atoms with Crippen molar-refractivity contribution in [1.82, 2.24) is 0 Å². The van der Waals surface area contributed by atoms with E-state index in [1.807, 2.05) is 36.4 Å². The van der Waals surface area contributed by atoms with Crippen molar-refractivity contribution >= 4 is 59.2 Å². The van der Waals surface area contributed by atoms with Crippen LogP contribution in [0.25, 0.3) is 21.5 Å². The molecule has 0 aliphatic carbocycles. The molecule has 0 aromatic heterocycles. The molecule has 0 amide bonds. The van der Waals surface area contributed by atoms with E-state index in [4.69, 9.17) is 0 Å². The SMILES string of the molecule is O=C(CBr)c1cc2cc(Br)ccc2c2ccccc12. The van der Waals surface area contributed by atoms with E-state index in [0.29, 0.717) is 5.33 Å². The summed E-state index contributed by atoms with van der Waals surface area (Å²) in [5.74, 6) is 0.109. The minimum absolute atomic E-state index is 0.109. The van der Waals surface area contributed by atoms with E-state index < -0.39 is 0 Å². The van der Waals surface area contributed by atoms with Crippen LogP contribution in [0.3, 0.4) is 0 Å². The van der Waals surface area contributed by atoms with Gasteiger partial charge in [-0.15, -0.1) is 0 Å². The molecule has 3 aromatic rings. The second-order valence-electron chi connectivity index (χ2n) is 4.39. The third kappa shape index (κ3) is 2.21. The number of Topliss-reactive ketones (excluding diaryl/α,β-unsaturated/α-hetero) is 1. The van der Waals surface area contributed by atoms with Crippen molar-refractivity contribution in [2.45, 2.75) is 0 Å². The molecule has 0 unspecified atom stereocenters. The fourth-order valence-corrected chi connectivity index (χ4v) is 3.07. The van der Waals surface area contributed by atoms with Gasteiger partial charge < -0.3 is 0 Å². The third-order valence-electron chi connectivity index (χ3n) is 3.24. The quantitative estimate of drug-likeness (QED) is 0.335. The molecule has 0 atom stereocenters. The molecular formula is C16H10Br2O. The molecule has 3 aromatic carbocycles. The number of carbonyl (C=O) groups is 1. The minimum atomic E-state index is 0.109. The van der Waals surface area contributed by atoms with E-state index in [9.17, 15) is 4.79 Å². The van der Waals surface area contributed by atoms with Gasteiger partial charge in [-0.2, -0.15) is 0 Å². The summed E-state index contributed by atoms with van der Waals surface area (Å²) in [6.45, 7) is 0. The number of fused-ring (bicyclic) bond motifs is 3. The van der Waals surface area contributed by atoms with Gasteiger partial charge in [0.15, 0.2) is 5.78 Å². The molecule has 3 rings (SSSR count). The number of hydrogen-bond acceptors (Lipinski definition) is 1. The van der Waals surface area contributed by atoms with E-state index in [0.717, 1.165) is 26.2 Å². The van der Waals surface area contributed by atoms with Crippen LogP contribution in [0, 0.1) is 0 Å². The number of benzene rings is 3. The largest absolute Gasteiger partial charge is 0.293 e. The van der Waals surface area contributed by atoms with Crippen LogP contribution >= 0.6 is 31.9 Å². The van der Waals surface area contributed by atoms with Gasteiger partial charge in [0, 0.05) is 10.0 Å². The van der Waals surface area contributed by atoms with Gasteiger partial charge in [0.25, 0.3) is 0 Å². The third-order valence-corrected chi connectivity index (χ3v) is 4.25. The molecule has 3 heteroatoms. The Hall–Kier alpha value is -1.19. The Morgan fingerprint density at radius 2 is 1.68 bits per heavy atom. The molecule has 94 valence electrons. The molecule has 0 N–H and O–H groups in total. The van der Waals surface area contributed by atoms with Gasteiger partial charge in [0.1, 0.15) is 0 Å². The first-order valence-electron chi connectivity index (χ1n) is 5.91. The Kier molecular flexibility index (Phi) is 3.42. The normalized spacial score (nSPS) is 11.1. The van der Waals surface area contributed by atoms with Crippen molar-refractivity contribution in [3.05, 3.63) is 58.6 Å². The van der Waals surface area contributed by atoms with Crippen molar-refractivity contribution < 1.29 is 4.79 Å². The highest BCUT2D eigenvalue weighted by Gasteiger charge is 2.11. The Morgan fingerprint density at radius 3 is 2.42 bits per heavy atom. The molecule has 1 nitrogen and oxygen atoms in total. The lowest BCUT2D eigenvalue weighted by molar-refractivity contribution is 0.102. The van der Waals surface area contributed by atoms with Crippen LogP contribution in [0.5, 0.6) is 0 Å². The number of hydrogen-bond donors (Lipinski definition) is 0. The van der Waals surface area contributed by atoms with E-state index in [1.165, 1.54) is 5.39 Å². The van der Waals surface area contributed by atoms with Crippen LogP contribution < -0.4 is 0 Å². The second kappa shape index (κ2) is 5.06. The predicted molar refractivity (Wildman–Crippen MR) is 87.3 cm³/mol. The Bertz CT molecular complexity index is 793. The van der Waals surface area contributed by atoms with Gasteiger partial charge >= 0.3 is 0 Å². The maximum absolute atomic E-state index is 12.1. The highest BCUT2D eigenvalue weighted by atomic mass is 79.9. The summed E-state index contributed by atoms with van der Waals surface area (Å²) in [6, 6.07) is 16.2. The Morgan fingerprint density at radius 1 is 0.947 bits per heavy atom. The van der Waals surface area contributed by atoms with Crippen LogP contribution in [-0.4, -0.2) is 11.1 Å². The molecular weight excluding hydrogens is 368 g/mol. The molecule has 0 aliphatic rings. The number of halogens is 2. The van der Waals surface area contributed by atoms with Crippen LogP contribution in [0.15, 0.2) is 53.0 Å². The summed E-state index contributed by atoms with van der Waals surface area (Å²) in [6.07, 6.45) is 0. The molecule has 0 aliphatic heterocycles. The predicted octanol–water partition coefficient (Wildman–Crippen LogP) is 5.33. The van der Waals surface area contributed by atoms with Crippen molar-refractivity contribution in [3.63, 3.8) is 0 Å². The van der Waals surface area contributed by atoms with E-state index in [2.05, 4.69) is 44.0 Å². The lowest BCUT2D eigenvalue weighted by atomic mass is 9.96. The smallest absolute Gasteiger partial charge is 0.174 e. The van der Waals surface area contributed by atoms with Crippen molar-refractivity contribution in [2.75, 3.05) is 5.33 Å². The summed E-state index contributed by atoms with van der Waals surface area (Å²) in [5, 5.41) is 4.73. The van der Waals surface area contributed by atoms with E-state index in [-0.39, 0.29) is 5.78 Å². The molecule has 0 saturated carbocycles. The molecule has 0 saturated heterocycles. The molecule has 19 heavy (non-hydrogen) atoms. The van der Waals surface area contributed by atoms with Gasteiger partial charge in [-0.05, 0) is 39.7 Å². The first-order chi connectivity index (χ1) is 9.20. The van der Waals surface area contributed by atoms with Gasteiger partial charge in [0.05, 0.1) is 5.33 Å². The average molecular weight is 378 g/mol. The van der Waals surface area contributed by atoms with Gasteiger partial charge in [-0.3, -0.25) is 4.79 Å². The number of carbonyl (C=O) groups excluding carboxylic acids is 1. The van der Waals surface area contributed by atoms with Crippen LogP contribution in [-0.2, 0) is 0 Å². The Balaban J connectivity index is 2.49. The summed E-state index contributed by atoms with van der Waals surface area (Å²) in [5.41, 5.74) is 0.776. The van der Waals surface area contributed by atoms with Crippen LogP contribution in [0.1, 0.15) is 10.4 Å². The first kappa shape index (κ1) is 12.8. The van der Waals surface area contributed by atoms with E-state index >= 15 is 0 Å². The fourth-order valence-electron chi connectivity index (χ4n) is 2.39. The van der Waals surface area contributed by atoms with Crippen molar-refractivity contribution in [3.8, 4) is 0 Å². The lowest BCUT2D eigenvalue weighted by Gasteiger charge is -2.09. The van der Waals surface area contributed by atoms with Gasteiger partial charge in [-0.25, -0.2) is 0 Å². The first-order valence-corrected chi connectivity index (χ1v) is 7.82. The maximum atomic E-state index is 12.1. The highest BCUT2D eigenvalue weighted by molar-refractivity contribution is 9.10. The number of rotatable bonds is 2. The zero-order valence-corrected chi connectivity index (χ0v) is 13.2. The summed E-state index contributed by atoms with van der Waals surface area (Å²) in [4.78, 5) is 12.1. The zero-order valence-electron chi connectivity index (χ0n) is 9.99. The molecule has 0 fully saturated rings. The summed E-state index contributed by atoms with van der Waals surface area (Å²) < 4.78 is 1.02. The van der Waals surface area contributed by atoms with Crippen molar-refractivity contribution in [2.24, 2.45) is 0 Å². The van der Waals surface area contributed by atoms with Crippen LogP contribution in [0.4, 0.5) is 0 Å². The second-order valence-corrected chi connectivity index (χ2v) is 5.87. The summed E-state index contributed by atoms with van der Waals surface area (Å²) in [7, 11) is 0. The standard InChI is InChI=1S/C16H10Br2O/c17-9-16(19)15-8-10-7-11(18)5-6-12(10)13-3-1-2-4-14(13)15/h1-8H,9H2. The topological polar surface area (TPSA) is 17.1 Å². The lowest BCUT2D eigenvalue weighted by Crippen LogP contribution is -2.01. The van der Waals surface area contributed by atoms with Crippen LogP contribution in [0.2, 0.25) is 0 Å². The summed E-state index contributed by atoms with van der Waals surface area (Å²) >= 11 is 6.74. The van der Waals surface area contributed by atoms with Crippen molar-refractivity contribution in [1.29, 1.82) is 0 Å². The highest BCUT2D eigenvalue weighted by Crippen LogP contribution is 2.31. The maximum Gasteiger partial charge on any atom is 0.174 e. The Labute approximate surface area is 127 Å².